The molecule has 0 bridgehead atoms. The van der Waals surface area contributed by atoms with E-state index in [-0.39, 0.29) is 145 Å². The molecule has 0 unspecified atom stereocenters. The molecule has 0 aromatic carbocycles. The van der Waals surface area contributed by atoms with E-state index in [0.717, 1.165) is 0 Å². The zero-order valence-corrected chi connectivity index (χ0v) is 12.8. The molecule has 0 aliphatic heterocycles. The van der Waals surface area contributed by atoms with Crippen molar-refractivity contribution in [3.05, 3.63) is 0 Å². The van der Waals surface area contributed by atoms with Gasteiger partial charge in [-0.25, -0.2) is 0 Å². The summed E-state index contributed by atoms with van der Waals surface area (Å²) in [7, 11) is 0. The van der Waals surface area contributed by atoms with Crippen molar-refractivity contribution in [2.45, 2.75) is 0 Å². The van der Waals surface area contributed by atoms with E-state index in [1.54, 1.807) is 0 Å². The second-order valence-corrected chi connectivity index (χ2v) is 0. The number of rotatable bonds is 0. The second-order valence-electron chi connectivity index (χ2n) is 0. The van der Waals surface area contributed by atoms with Crippen molar-refractivity contribution >= 4 is 0 Å². The number of hydrogen-bond donors (Lipinski definition) is 0. The summed E-state index contributed by atoms with van der Waals surface area (Å²) in [6, 6.07) is 0. The van der Waals surface area contributed by atoms with Crippen LogP contribution in [0.2, 0.25) is 0 Å². The summed E-state index contributed by atoms with van der Waals surface area (Å²) in [5.74, 6) is 0. The van der Waals surface area contributed by atoms with Gasteiger partial charge in [-0.15, -0.1) is 0 Å². The van der Waals surface area contributed by atoms with Gasteiger partial charge < -0.3 is 67.9 Å². The van der Waals surface area contributed by atoms with E-state index in [0.29, 0.717) is 0 Å². The third kappa shape index (κ3) is 23.6. The Kier molecular flexibility index (Phi) is 265. The van der Waals surface area contributed by atoms with Crippen LogP contribution in [-0.4, -0.2) is 0 Å². The van der Waals surface area contributed by atoms with Crippen LogP contribution in [0.3, 0.4) is 0 Å². The van der Waals surface area contributed by atoms with Gasteiger partial charge in [-0.3, -0.25) is 0 Å². The molecule has 0 fully saturated rings. The molecule has 0 heterocycles. The van der Waals surface area contributed by atoms with Gasteiger partial charge in [-0.2, -0.15) is 0 Å². The molecule has 0 N–H and O–H groups in total. The van der Waals surface area contributed by atoms with Crippen molar-refractivity contribution in [1.29, 1.82) is 0 Å². The Morgan fingerprint density at radius 2 is 0.333 bits per heavy atom. The molecule has 6 heavy (non-hydrogen) atoms. The predicted molar refractivity (Wildman–Crippen MR) is 0 cm³/mol. The van der Waals surface area contributed by atoms with E-state index >= 15 is 0 Å². The van der Waals surface area contributed by atoms with E-state index in [1.807, 2.05) is 0 Å². The maximum Gasteiger partial charge on any atom is 3.00 e. The zero-order valence-electron chi connectivity index (χ0n) is 2.18. The number of hydrogen-bond acceptors (Lipinski definition) is 0. The molecule has 0 nitrogen and oxygen atoms in total. The van der Waals surface area contributed by atoms with Crippen molar-refractivity contribution in [2.24, 2.45) is 0 Å². The van der Waals surface area contributed by atoms with Gasteiger partial charge in [0.1, 0.15) is 0 Å². The molecule has 44 valence electrons. The van der Waals surface area contributed by atoms with E-state index in [1.165, 1.54) is 0 Å². The Labute approximate surface area is 141 Å². The molecule has 0 aromatic rings. The fourth-order valence-corrected chi connectivity index (χ4v) is 0. The monoisotopic (exact) mass is 634 g/mol. The normalized spacial score (nSPS) is 0. The Hall–Kier alpha value is 4.49. The van der Waals surface area contributed by atoms with Gasteiger partial charge in [0.2, 0.25) is 0 Å². The molecule has 0 aliphatic rings. The van der Waals surface area contributed by atoms with Crippen LogP contribution in [0.5, 0.6) is 0 Å². The molecule has 0 spiro atoms. The summed E-state index contributed by atoms with van der Waals surface area (Å²) in [5.41, 5.74) is 0. The largest absolute Gasteiger partial charge is 3.00 e. The molecule has 0 rings (SSSR count). The molecule has 0 aromatic heterocycles. The summed E-state index contributed by atoms with van der Waals surface area (Å²) in [6.45, 7) is 0. The predicted octanol–water partition coefficient (Wildman–Crippen LogP) is -12.0. The molecule has 0 amide bonds. The molecule has 0 saturated heterocycles. The van der Waals surface area contributed by atoms with Crippen LogP contribution in [0.15, 0.2) is 0 Å². The van der Waals surface area contributed by atoms with Gasteiger partial charge >= 0.3 is 77.2 Å². The van der Waals surface area contributed by atoms with Crippen LogP contribution >= 0.6 is 0 Å². The van der Waals surface area contributed by atoms with E-state index < -0.39 is 0 Å². The maximum atomic E-state index is 0. The fraction of sp³-hybridized carbons (Fsp3) is 0. The van der Waals surface area contributed by atoms with Gasteiger partial charge in [-0.05, 0) is 0 Å². The topological polar surface area (TPSA) is 0 Å². The zero-order chi connectivity index (χ0) is 0. The first-order valence-electron chi connectivity index (χ1n) is 0. The molecule has 0 radical (unpaired) electrons. The Morgan fingerprint density at radius 3 is 0.333 bits per heavy atom. The fourth-order valence-electron chi connectivity index (χ4n) is 0. The average Bonchev–Trinajstić information content (AvgIpc) is 0. The van der Waals surface area contributed by atoms with E-state index in [4.69, 9.17) is 0 Å². The molecular formula is Br4Tb2+2. The van der Waals surface area contributed by atoms with Gasteiger partial charge in [-0.1, -0.05) is 0 Å². The standard InChI is InChI=1S/4BrH.2Tb/h4*1H;;/q;;;;2*+3/p-4. The van der Waals surface area contributed by atoms with Crippen LogP contribution in [0.4, 0.5) is 0 Å². The van der Waals surface area contributed by atoms with Gasteiger partial charge in [0.15, 0.2) is 0 Å². The molecule has 0 atom stereocenters. The molecule has 0 saturated carbocycles. The van der Waals surface area contributed by atoms with Crippen LogP contribution in [0, 0.1) is 77.2 Å². The SMILES string of the molecule is [Br-].[Br-].[Br-].[Br-].[Tb+3].[Tb+3]. The molecule has 6 heteroatoms. The van der Waals surface area contributed by atoms with E-state index in [9.17, 15) is 0 Å². The van der Waals surface area contributed by atoms with Crippen LogP contribution in [0.25, 0.3) is 0 Å². The Balaban J connectivity index is 0. The summed E-state index contributed by atoms with van der Waals surface area (Å²) >= 11 is 0. The van der Waals surface area contributed by atoms with Crippen LogP contribution in [0.1, 0.15) is 0 Å². The van der Waals surface area contributed by atoms with Gasteiger partial charge in [0.05, 0.1) is 0 Å². The Bertz CT molecular complexity index is 5.51. The minimum atomic E-state index is 0. The van der Waals surface area contributed by atoms with Crippen LogP contribution < -0.4 is 67.9 Å². The van der Waals surface area contributed by atoms with E-state index in [2.05, 4.69) is 0 Å². The first-order chi connectivity index (χ1) is 0. The second kappa shape index (κ2) is 33.9. The quantitative estimate of drug-likeness (QED) is 0.248. The summed E-state index contributed by atoms with van der Waals surface area (Å²) in [6.07, 6.45) is 0. The summed E-state index contributed by atoms with van der Waals surface area (Å²) in [5, 5.41) is 0. The molecular weight excluding hydrogens is 637 g/mol. The number of halogens is 4. The maximum absolute atomic E-state index is 0. The first kappa shape index (κ1) is 46.9. The average molecular weight is 637 g/mol. The molecule has 0 aliphatic carbocycles. The van der Waals surface area contributed by atoms with Crippen molar-refractivity contribution in [3.63, 3.8) is 0 Å². The van der Waals surface area contributed by atoms with Crippen LogP contribution in [-0.2, 0) is 0 Å². The van der Waals surface area contributed by atoms with Gasteiger partial charge in [0.25, 0.3) is 0 Å². The Morgan fingerprint density at radius 1 is 0.333 bits per heavy atom. The first-order valence-corrected chi connectivity index (χ1v) is 0. The summed E-state index contributed by atoms with van der Waals surface area (Å²) in [4.78, 5) is 0. The third-order valence-corrected chi connectivity index (χ3v) is 0. The smallest absolute Gasteiger partial charge is 1.00 e. The summed E-state index contributed by atoms with van der Waals surface area (Å²) < 4.78 is 0. The van der Waals surface area contributed by atoms with Crippen molar-refractivity contribution < 1.29 is 145 Å². The van der Waals surface area contributed by atoms with Crippen molar-refractivity contribution in [1.82, 2.24) is 0 Å². The van der Waals surface area contributed by atoms with Gasteiger partial charge in [0, 0.05) is 0 Å². The third-order valence-electron chi connectivity index (χ3n) is 0. The van der Waals surface area contributed by atoms with Crippen molar-refractivity contribution in [3.8, 4) is 0 Å². The minimum absolute atomic E-state index is 0. The van der Waals surface area contributed by atoms with Crippen molar-refractivity contribution in [2.75, 3.05) is 0 Å². The minimum Gasteiger partial charge on any atom is -1.00 e.